The monoisotopic (exact) mass is 397 g/mol. The number of hydrogen-bond donors (Lipinski definition) is 2. The van der Waals surface area contributed by atoms with Crippen molar-refractivity contribution in [1.82, 2.24) is 35.0 Å². The fraction of sp³-hybridized carbons (Fsp3) is 0.526. The fourth-order valence-electron chi connectivity index (χ4n) is 3.66. The molecule has 10 heteroatoms. The first-order valence-electron chi connectivity index (χ1n) is 9.99. The lowest BCUT2D eigenvalue weighted by atomic mass is 10.1. The lowest BCUT2D eigenvalue weighted by Crippen LogP contribution is -2.54. The van der Waals surface area contributed by atoms with Crippen molar-refractivity contribution in [2.45, 2.75) is 39.4 Å². The van der Waals surface area contributed by atoms with E-state index >= 15 is 0 Å². The highest BCUT2D eigenvalue weighted by molar-refractivity contribution is 5.88. The Bertz CT molecular complexity index is 936. The van der Waals surface area contributed by atoms with Crippen LogP contribution in [0.4, 0.5) is 17.6 Å². The van der Waals surface area contributed by atoms with E-state index in [0.29, 0.717) is 49.4 Å². The van der Waals surface area contributed by atoms with Gasteiger partial charge in [0.1, 0.15) is 23.2 Å². The summed E-state index contributed by atoms with van der Waals surface area (Å²) in [6.45, 7) is 9.90. The third kappa shape index (κ3) is 4.43. The molecule has 1 fully saturated rings. The summed E-state index contributed by atoms with van der Waals surface area (Å²) >= 11 is 0. The maximum atomic E-state index is 5.50. The van der Waals surface area contributed by atoms with E-state index in [1.54, 1.807) is 12.4 Å². The molecular weight excluding hydrogens is 370 g/mol. The maximum Gasteiger partial charge on any atom is 0.228 e. The summed E-state index contributed by atoms with van der Waals surface area (Å²) in [7, 11) is 0. The Morgan fingerprint density at radius 1 is 1.24 bits per heavy atom. The molecule has 1 saturated heterocycles. The van der Waals surface area contributed by atoms with Crippen molar-refractivity contribution in [1.29, 1.82) is 0 Å². The number of aromatic nitrogens is 6. The number of hydrogen-bond acceptors (Lipinski definition) is 9. The molecule has 0 aromatic carbocycles. The van der Waals surface area contributed by atoms with Gasteiger partial charge in [-0.2, -0.15) is 10.1 Å². The molecule has 4 heterocycles. The molecular formula is C19H27N9O. The number of nitrogens with zero attached hydrogens (tertiary/aromatic N) is 7. The van der Waals surface area contributed by atoms with Gasteiger partial charge >= 0.3 is 0 Å². The minimum atomic E-state index is 0.366. The summed E-state index contributed by atoms with van der Waals surface area (Å²) in [5, 5.41) is 11.4. The molecule has 0 saturated carbocycles. The van der Waals surface area contributed by atoms with Crippen LogP contribution < -0.4 is 15.5 Å². The molecule has 0 bridgehead atoms. The van der Waals surface area contributed by atoms with Crippen LogP contribution in [0.1, 0.15) is 20.8 Å². The molecule has 3 aromatic heterocycles. The van der Waals surface area contributed by atoms with Crippen LogP contribution in [-0.2, 0) is 11.3 Å². The van der Waals surface area contributed by atoms with Crippen molar-refractivity contribution in [2.24, 2.45) is 0 Å². The number of piperazine rings is 1. The van der Waals surface area contributed by atoms with Crippen LogP contribution in [0.5, 0.6) is 0 Å². The molecule has 0 radical (unpaired) electrons. The summed E-state index contributed by atoms with van der Waals surface area (Å²) < 4.78 is 7.37. The molecule has 154 valence electrons. The highest BCUT2D eigenvalue weighted by atomic mass is 16.5. The average molecular weight is 397 g/mol. The van der Waals surface area contributed by atoms with E-state index in [2.05, 4.69) is 44.4 Å². The lowest BCUT2D eigenvalue weighted by Gasteiger charge is -2.36. The van der Waals surface area contributed by atoms with Gasteiger partial charge in [-0.15, -0.1) is 0 Å². The second-order valence-electron chi connectivity index (χ2n) is 7.26. The van der Waals surface area contributed by atoms with Crippen molar-refractivity contribution in [3.63, 3.8) is 0 Å². The van der Waals surface area contributed by atoms with E-state index in [-0.39, 0.29) is 0 Å². The molecule has 3 aromatic rings. The van der Waals surface area contributed by atoms with Gasteiger partial charge in [-0.3, -0.25) is 4.68 Å². The Hall–Kier alpha value is -2.85. The first-order chi connectivity index (χ1) is 14.1. The molecule has 1 aliphatic heterocycles. The van der Waals surface area contributed by atoms with Gasteiger partial charge in [0.25, 0.3) is 0 Å². The van der Waals surface area contributed by atoms with Gasteiger partial charge in [0.15, 0.2) is 5.82 Å². The van der Waals surface area contributed by atoms with E-state index in [1.165, 1.54) is 6.33 Å². The minimum Gasteiger partial charge on any atom is -0.380 e. The molecule has 0 unspecified atom stereocenters. The lowest BCUT2D eigenvalue weighted by molar-refractivity contribution is 0.137. The van der Waals surface area contributed by atoms with Gasteiger partial charge in [-0.1, -0.05) is 0 Å². The Morgan fingerprint density at radius 2 is 2.07 bits per heavy atom. The second-order valence-corrected chi connectivity index (χ2v) is 7.26. The molecule has 4 rings (SSSR count). The molecule has 10 nitrogen and oxygen atoms in total. The molecule has 2 atom stereocenters. The number of ether oxygens (including phenoxy) is 1. The Kier molecular flexibility index (Phi) is 5.81. The normalized spacial score (nSPS) is 19.6. The number of anilines is 3. The predicted molar refractivity (Wildman–Crippen MR) is 111 cm³/mol. The van der Waals surface area contributed by atoms with Crippen molar-refractivity contribution < 1.29 is 4.74 Å². The Balaban J connectivity index is 1.73. The standard InChI is InChI=1S/C19H27N9O/c1-4-29-8-7-28-17-15(9-22-28)24-19(27-10-13(2)23-14(3)11-27)26-18(17)25-16-5-6-20-12-21-16/h5-6,9,12-14,23H,4,7-8,10-11H2,1-3H3,(H,20,21,24,25,26)/t13-,14+. The van der Waals surface area contributed by atoms with E-state index in [4.69, 9.17) is 14.7 Å². The van der Waals surface area contributed by atoms with E-state index in [9.17, 15) is 0 Å². The Labute approximate surface area is 169 Å². The van der Waals surface area contributed by atoms with Crippen molar-refractivity contribution in [3.8, 4) is 0 Å². The zero-order chi connectivity index (χ0) is 20.2. The predicted octanol–water partition coefficient (Wildman–Crippen LogP) is 1.58. The Morgan fingerprint density at radius 3 is 2.79 bits per heavy atom. The zero-order valence-corrected chi connectivity index (χ0v) is 17.0. The van der Waals surface area contributed by atoms with Crippen LogP contribution in [0.2, 0.25) is 0 Å². The van der Waals surface area contributed by atoms with Gasteiger partial charge in [-0.25, -0.2) is 15.0 Å². The van der Waals surface area contributed by atoms with Crippen LogP contribution >= 0.6 is 0 Å². The van der Waals surface area contributed by atoms with Crippen LogP contribution in [0.25, 0.3) is 11.0 Å². The number of fused-ring (bicyclic) bond motifs is 1. The zero-order valence-electron chi connectivity index (χ0n) is 17.0. The van der Waals surface area contributed by atoms with Crippen LogP contribution in [0.3, 0.4) is 0 Å². The molecule has 2 N–H and O–H groups in total. The molecule has 1 aliphatic rings. The highest BCUT2D eigenvalue weighted by Crippen LogP contribution is 2.26. The topological polar surface area (TPSA) is 106 Å². The SMILES string of the molecule is CCOCCn1ncc2nc(N3C[C@@H](C)N[C@@H](C)C3)nc(Nc3ccncn3)c21. The van der Waals surface area contributed by atoms with Gasteiger partial charge < -0.3 is 20.3 Å². The molecule has 0 aliphatic carbocycles. The van der Waals surface area contributed by atoms with Crippen LogP contribution in [0.15, 0.2) is 24.8 Å². The first-order valence-corrected chi connectivity index (χ1v) is 9.99. The van der Waals surface area contributed by atoms with Crippen molar-refractivity contribution in [3.05, 3.63) is 24.8 Å². The van der Waals surface area contributed by atoms with Crippen LogP contribution in [0, 0.1) is 0 Å². The molecule has 0 spiro atoms. The highest BCUT2D eigenvalue weighted by Gasteiger charge is 2.25. The number of nitrogens with one attached hydrogen (secondary N) is 2. The summed E-state index contributed by atoms with van der Waals surface area (Å²) in [4.78, 5) is 20.1. The van der Waals surface area contributed by atoms with Gasteiger partial charge in [0.05, 0.1) is 19.3 Å². The van der Waals surface area contributed by atoms with Gasteiger partial charge in [0.2, 0.25) is 5.95 Å². The second kappa shape index (κ2) is 8.66. The first kappa shape index (κ1) is 19.5. The maximum absolute atomic E-state index is 5.50. The quantitative estimate of drug-likeness (QED) is 0.575. The third-order valence-electron chi connectivity index (χ3n) is 4.80. The summed E-state index contributed by atoms with van der Waals surface area (Å²) in [5.74, 6) is 2.04. The largest absolute Gasteiger partial charge is 0.380 e. The van der Waals surface area contributed by atoms with Crippen molar-refractivity contribution in [2.75, 3.05) is 36.5 Å². The van der Waals surface area contributed by atoms with E-state index < -0.39 is 0 Å². The van der Waals surface area contributed by atoms with E-state index in [1.807, 2.05) is 17.7 Å². The van der Waals surface area contributed by atoms with Gasteiger partial charge in [0, 0.05) is 38.0 Å². The summed E-state index contributed by atoms with van der Waals surface area (Å²) in [6.07, 6.45) is 4.99. The van der Waals surface area contributed by atoms with Crippen LogP contribution in [-0.4, -0.2) is 68.1 Å². The molecule has 29 heavy (non-hydrogen) atoms. The third-order valence-corrected chi connectivity index (χ3v) is 4.80. The number of rotatable bonds is 7. The van der Waals surface area contributed by atoms with Crippen molar-refractivity contribution >= 4 is 28.6 Å². The van der Waals surface area contributed by atoms with Gasteiger partial charge in [-0.05, 0) is 26.8 Å². The fourth-order valence-corrected chi connectivity index (χ4v) is 3.66. The summed E-state index contributed by atoms with van der Waals surface area (Å²) in [6, 6.07) is 2.54. The van der Waals surface area contributed by atoms with E-state index in [0.717, 1.165) is 24.1 Å². The minimum absolute atomic E-state index is 0.366. The molecule has 0 amide bonds. The smallest absolute Gasteiger partial charge is 0.228 e. The summed E-state index contributed by atoms with van der Waals surface area (Å²) in [5.41, 5.74) is 1.63. The average Bonchev–Trinajstić information content (AvgIpc) is 3.11.